The molecule has 0 saturated carbocycles. The molecule has 3 aromatic heterocycles. The lowest BCUT2D eigenvalue weighted by atomic mass is 9.98. The zero-order valence-corrected chi connectivity index (χ0v) is 19.6. The Hall–Kier alpha value is -3.46. The number of likely N-dealkylation sites (tertiary alicyclic amines) is 1. The van der Waals surface area contributed by atoms with E-state index in [9.17, 15) is 9.90 Å². The summed E-state index contributed by atoms with van der Waals surface area (Å²) in [7, 11) is 1.87. The summed E-state index contributed by atoms with van der Waals surface area (Å²) in [5.41, 5.74) is 4.09. The van der Waals surface area contributed by atoms with Gasteiger partial charge in [0.05, 0.1) is 23.4 Å². The Morgan fingerprint density at radius 1 is 1.12 bits per heavy atom. The number of carbonyl (C=O) groups is 1. The number of hydrogen-bond donors (Lipinski definition) is 1. The molecule has 4 aromatic rings. The number of fused-ring (bicyclic) bond motifs is 2. The summed E-state index contributed by atoms with van der Waals surface area (Å²) in [6.07, 6.45) is 5.34. The van der Waals surface area contributed by atoms with E-state index in [4.69, 9.17) is 10.1 Å². The Morgan fingerprint density at radius 3 is 2.79 bits per heavy atom. The van der Waals surface area contributed by atoms with Crippen LogP contribution >= 0.6 is 0 Å². The molecule has 2 atom stereocenters. The number of para-hydroxylation sites is 1. The van der Waals surface area contributed by atoms with Gasteiger partial charge in [0.15, 0.2) is 11.3 Å². The van der Waals surface area contributed by atoms with Gasteiger partial charge in [-0.1, -0.05) is 18.2 Å². The summed E-state index contributed by atoms with van der Waals surface area (Å²) in [5, 5.41) is 20.2. The highest BCUT2D eigenvalue weighted by Gasteiger charge is 2.33. The number of aliphatic hydroxyl groups excluding tert-OH is 1. The Kier molecular flexibility index (Phi) is 5.02. The summed E-state index contributed by atoms with van der Waals surface area (Å²) in [4.78, 5) is 22.7. The molecule has 1 aromatic carbocycles. The summed E-state index contributed by atoms with van der Waals surface area (Å²) in [6, 6.07) is 9.75. The molecule has 9 heteroatoms. The number of anilines is 1. The topological polar surface area (TPSA) is 91.8 Å². The Bertz CT molecular complexity index is 1390. The molecule has 1 N–H and O–H groups in total. The first-order valence-corrected chi connectivity index (χ1v) is 12.0. The molecule has 9 nitrogen and oxygen atoms in total. The van der Waals surface area contributed by atoms with Crippen molar-refractivity contribution in [3.8, 4) is 0 Å². The van der Waals surface area contributed by atoms with Gasteiger partial charge in [-0.05, 0) is 38.7 Å². The molecule has 1 unspecified atom stereocenters. The van der Waals surface area contributed by atoms with Crippen molar-refractivity contribution in [2.75, 3.05) is 24.5 Å². The van der Waals surface area contributed by atoms with Gasteiger partial charge in [0.25, 0.3) is 5.91 Å². The van der Waals surface area contributed by atoms with Gasteiger partial charge in [-0.2, -0.15) is 10.2 Å². The number of piperidine rings is 1. The minimum Gasteiger partial charge on any atom is -0.391 e. The maximum Gasteiger partial charge on any atom is 0.275 e. The van der Waals surface area contributed by atoms with Crippen LogP contribution in [0.2, 0.25) is 0 Å². The Labute approximate surface area is 197 Å². The first kappa shape index (κ1) is 21.1. The zero-order chi connectivity index (χ0) is 23.4. The van der Waals surface area contributed by atoms with Gasteiger partial charge in [-0.3, -0.25) is 9.48 Å². The van der Waals surface area contributed by atoms with Crippen LogP contribution in [0.25, 0.3) is 16.6 Å². The number of aromatic nitrogens is 5. The van der Waals surface area contributed by atoms with Crippen molar-refractivity contribution in [3.05, 3.63) is 53.5 Å². The van der Waals surface area contributed by atoms with Crippen LogP contribution in [0.5, 0.6) is 0 Å². The lowest BCUT2D eigenvalue weighted by Crippen LogP contribution is -2.39. The van der Waals surface area contributed by atoms with Crippen molar-refractivity contribution in [2.45, 2.75) is 44.8 Å². The third-order valence-corrected chi connectivity index (χ3v) is 7.15. The number of carbonyl (C=O) groups excluding carboxylic acids is 1. The molecule has 176 valence electrons. The van der Waals surface area contributed by atoms with Crippen molar-refractivity contribution in [3.63, 3.8) is 0 Å². The summed E-state index contributed by atoms with van der Waals surface area (Å²) >= 11 is 0. The standard InChI is InChI=1S/C25H29N7O2/c1-16-14-32-22(26-24(16)30-12-10-17(33)15-30)13-19(27-32)21-9-5-6-11-31(21)25(34)23-18-7-3-4-8-20(18)29(2)28-23/h3-4,7-8,13-14,17,21,33H,5-6,9-12,15H2,1-2H3/t17-,21?/m1/s1. The summed E-state index contributed by atoms with van der Waals surface area (Å²) in [6.45, 7) is 4.12. The van der Waals surface area contributed by atoms with E-state index in [-0.39, 0.29) is 18.1 Å². The number of amides is 1. The molecule has 2 aliphatic heterocycles. The Balaban J connectivity index is 1.35. The van der Waals surface area contributed by atoms with Gasteiger partial charge in [-0.15, -0.1) is 0 Å². The van der Waals surface area contributed by atoms with Crippen molar-refractivity contribution in [2.24, 2.45) is 7.05 Å². The second kappa shape index (κ2) is 8.09. The van der Waals surface area contributed by atoms with Crippen LogP contribution in [0.4, 0.5) is 5.82 Å². The van der Waals surface area contributed by atoms with E-state index < -0.39 is 0 Å². The van der Waals surface area contributed by atoms with Crippen LogP contribution < -0.4 is 4.90 Å². The lowest BCUT2D eigenvalue weighted by molar-refractivity contribution is 0.0600. The van der Waals surface area contributed by atoms with Crippen LogP contribution in [-0.2, 0) is 7.05 Å². The fraction of sp³-hybridized carbons (Fsp3) is 0.440. The third-order valence-electron chi connectivity index (χ3n) is 7.15. The number of rotatable bonds is 3. The molecule has 34 heavy (non-hydrogen) atoms. The second-order valence-corrected chi connectivity index (χ2v) is 9.51. The van der Waals surface area contributed by atoms with E-state index in [1.54, 1.807) is 4.68 Å². The highest BCUT2D eigenvalue weighted by molar-refractivity contribution is 6.05. The van der Waals surface area contributed by atoms with E-state index in [2.05, 4.69) is 10.00 Å². The van der Waals surface area contributed by atoms with Crippen LogP contribution in [0.15, 0.2) is 36.5 Å². The fourth-order valence-electron chi connectivity index (χ4n) is 5.43. The van der Waals surface area contributed by atoms with Crippen LogP contribution in [-0.4, -0.2) is 66.0 Å². The largest absolute Gasteiger partial charge is 0.391 e. The number of hydrogen-bond acceptors (Lipinski definition) is 6. The number of benzene rings is 1. The molecular formula is C25H29N7O2. The minimum atomic E-state index is -0.303. The predicted octanol–water partition coefficient (Wildman–Crippen LogP) is 2.86. The van der Waals surface area contributed by atoms with E-state index >= 15 is 0 Å². The van der Waals surface area contributed by atoms with Crippen molar-refractivity contribution in [1.82, 2.24) is 29.3 Å². The molecule has 0 radical (unpaired) electrons. The normalized spacial score (nSPS) is 21.1. The lowest BCUT2D eigenvalue weighted by Gasteiger charge is -2.34. The molecule has 2 fully saturated rings. The molecule has 0 aliphatic carbocycles. The maximum atomic E-state index is 13.7. The number of aryl methyl sites for hydroxylation is 2. The monoisotopic (exact) mass is 459 g/mol. The molecule has 6 rings (SSSR count). The fourth-order valence-corrected chi connectivity index (χ4v) is 5.43. The average Bonchev–Trinajstić information content (AvgIpc) is 3.55. The number of β-amino-alcohol motifs (C(OH)–C–C–N with tert-alkyl or cyclic N) is 1. The van der Waals surface area contributed by atoms with Gasteiger partial charge in [-0.25, -0.2) is 9.50 Å². The van der Waals surface area contributed by atoms with E-state index in [0.717, 1.165) is 65.9 Å². The van der Waals surface area contributed by atoms with Crippen LogP contribution in [0.3, 0.4) is 0 Å². The quantitative estimate of drug-likeness (QED) is 0.507. The minimum absolute atomic E-state index is 0.0468. The van der Waals surface area contributed by atoms with Gasteiger partial charge in [0.1, 0.15) is 5.82 Å². The SMILES string of the molecule is Cc1cn2nc(C3CCCCN3C(=O)c3nn(C)c4ccccc34)cc2nc1N1CC[C@@H](O)C1. The van der Waals surface area contributed by atoms with Crippen LogP contribution in [0.1, 0.15) is 53.5 Å². The number of aliphatic hydroxyl groups is 1. The molecule has 2 aliphatic rings. The van der Waals surface area contributed by atoms with Gasteiger partial charge in [0, 0.05) is 49.9 Å². The molecule has 0 spiro atoms. The summed E-state index contributed by atoms with van der Waals surface area (Å²) < 4.78 is 3.59. The molecule has 0 bridgehead atoms. The van der Waals surface area contributed by atoms with Crippen LogP contribution in [0, 0.1) is 6.92 Å². The molecule has 1 amide bonds. The van der Waals surface area contributed by atoms with Gasteiger partial charge < -0.3 is 14.9 Å². The van der Waals surface area contributed by atoms with E-state index in [0.29, 0.717) is 18.8 Å². The highest BCUT2D eigenvalue weighted by atomic mass is 16.3. The smallest absolute Gasteiger partial charge is 0.275 e. The second-order valence-electron chi connectivity index (χ2n) is 9.51. The summed E-state index contributed by atoms with van der Waals surface area (Å²) in [5.74, 6) is 0.849. The maximum absolute atomic E-state index is 13.7. The highest BCUT2D eigenvalue weighted by Crippen LogP contribution is 2.33. The van der Waals surface area contributed by atoms with E-state index in [1.165, 1.54) is 0 Å². The van der Waals surface area contributed by atoms with Crippen molar-refractivity contribution >= 4 is 28.3 Å². The molecular weight excluding hydrogens is 430 g/mol. The van der Waals surface area contributed by atoms with Crippen molar-refractivity contribution in [1.29, 1.82) is 0 Å². The zero-order valence-electron chi connectivity index (χ0n) is 19.6. The Morgan fingerprint density at radius 2 is 1.97 bits per heavy atom. The predicted molar refractivity (Wildman–Crippen MR) is 129 cm³/mol. The third kappa shape index (κ3) is 3.42. The van der Waals surface area contributed by atoms with Crippen molar-refractivity contribution < 1.29 is 9.90 Å². The average molecular weight is 460 g/mol. The first-order valence-electron chi connectivity index (χ1n) is 12.0. The first-order chi connectivity index (χ1) is 16.5. The van der Waals surface area contributed by atoms with Gasteiger partial charge >= 0.3 is 0 Å². The number of nitrogens with zero attached hydrogens (tertiary/aromatic N) is 7. The van der Waals surface area contributed by atoms with E-state index in [1.807, 2.05) is 59.9 Å². The van der Waals surface area contributed by atoms with Gasteiger partial charge in [0.2, 0.25) is 0 Å². The molecule has 2 saturated heterocycles. The molecule has 5 heterocycles.